The van der Waals surface area contributed by atoms with E-state index in [0.29, 0.717) is 12.3 Å². The Bertz CT molecular complexity index is 635. The summed E-state index contributed by atoms with van der Waals surface area (Å²) in [4.78, 5) is 29.0. The number of amides is 1. The van der Waals surface area contributed by atoms with E-state index in [4.69, 9.17) is 9.52 Å². The molecule has 0 aromatic carbocycles. The van der Waals surface area contributed by atoms with E-state index in [-0.39, 0.29) is 23.2 Å². The van der Waals surface area contributed by atoms with Crippen LogP contribution in [0.1, 0.15) is 40.5 Å². The standard InChI is InChI=1S/C15H16N2O4/c1-10(2)17(9-12-4-3-7-21-12)14(18)13-8-11(15(19)20)5-6-16-13/h3-8,10H,9H2,1-2H3,(H,19,20). The van der Waals surface area contributed by atoms with Crippen molar-refractivity contribution in [1.29, 1.82) is 0 Å². The average molecular weight is 288 g/mol. The van der Waals surface area contributed by atoms with E-state index in [9.17, 15) is 9.59 Å². The molecule has 0 atom stereocenters. The van der Waals surface area contributed by atoms with Gasteiger partial charge in [-0.3, -0.25) is 9.78 Å². The smallest absolute Gasteiger partial charge is 0.335 e. The van der Waals surface area contributed by atoms with Crippen molar-refractivity contribution in [3.8, 4) is 0 Å². The van der Waals surface area contributed by atoms with Crippen LogP contribution in [0.15, 0.2) is 41.1 Å². The van der Waals surface area contributed by atoms with Gasteiger partial charge in [-0.2, -0.15) is 0 Å². The van der Waals surface area contributed by atoms with Crippen LogP contribution < -0.4 is 0 Å². The second-order valence-corrected chi connectivity index (χ2v) is 4.84. The summed E-state index contributed by atoms with van der Waals surface area (Å²) in [5.74, 6) is -0.760. The van der Waals surface area contributed by atoms with Crippen LogP contribution in [0.2, 0.25) is 0 Å². The van der Waals surface area contributed by atoms with Crippen molar-refractivity contribution in [2.24, 2.45) is 0 Å². The van der Waals surface area contributed by atoms with Crippen LogP contribution >= 0.6 is 0 Å². The molecule has 2 aromatic rings. The molecule has 0 unspecified atom stereocenters. The van der Waals surface area contributed by atoms with Gasteiger partial charge in [0.1, 0.15) is 11.5 Å². The van der Waals surface area contributed by atoms with Crippen molar-refractivity contribution < 1.29 is 19.1 Å². The summed E-state index contributed by atoms with van der Waals surface area (Å²) in [5.41, 5.74) is 0.144. The third-order valence-electron chi connectivity index (χ3n) is 3.02. The van der Waals surface area contributed by atoms with Crippen LogP contribution in [0.25, 0.3) is 0 Å². The molecule has 6 nitrogen and oxygen atoms in total. The highest BCUT2D eigenvalue weighted by Gasteiger charge is 2.22. The highest BCUT2D eigenvalue weighted by Crippen LogP contribution is 2.13. The van der Waals surface area contributed by atoms with Crippen LogP contribution in [-0.4, -0.2) is 32.9 Å². The Balaban J connectivity index is 2.26. The van der Waals surface area contributed by atoms with Gasteiger partial charge in [-0.1, -0.05) is 0 Å². The highest BCUT2D eigenvalue weighted by atomic mass is 16.4. The van der Waals surface area contributed by atoms with E-state index < -0.39 is 5.97 Å². The zero-order valence-corrected chi connectivity index (χ0v) is 11.8. The van der Waals surface area contributed by atoms with Crippen LogP contribution in [0, 0.1) is 0 Å². The number of hydrogen-bond donors (Lipinski definition) is 1. The maximum absolute atomic E-state index is 12.5. The van der Waals surface area contributed by atoms with Crippen LogP contribution in [-0.2, 0) is 6.54 Å². The van der Waals surface area contributed by atoms with Gasteiger partial charge in [-0.05, 0) is 38.1 Å². The van der Waals surface area contributed by atoms with E-state index in [1.54, 1.807) is 23.3 Å². The molecule has 0 aliphatic rings. The lowest BCUT2D eigenvalue weighted by Crippen LogP contribution is -2.36. The van der Waals surface area contributed by atoms with Crippen molar-refractivity contribution >= 4 is 11.9 Å². The number of carboxylic acids is 1. The molecule has 1 N–H and O–H groups in total. The topological polar surface area (TPSA) is 83.6 Å². The van der Waals surface area contributed by atoms with Gasteiger partial charge in [0.05, 0.1) is 18.4 Å². The van der Waals surface area contributed by atoms with Gasteiger partial charge in [0.15, 0.2) is 0 Å². The maximum atomic E-state index is 12.5. The molecule has 0 spiro atoms. The van der Waals surface area contributed by atoms with Crippen molar-refractivity contribution in [3.05, 3.63) is 53.7 Å². The number of aromatic nitrogens is 1. The van der Waals surface area contributed by atoms with Gasteiger partial charge in [-0.25, -0.2) is 4.79 Å². The third-order valence-corrected chi connectivity index (χ3v) is 3.02. The van der Waals surface area contributed by atoms with Crippen LogP contribution in [0.4, 0.5) is 0 Å². The summed E-state index contributed by atoms with van der Waals surface area (Å²) in [5, 5.41) is 8.98. The summed E-state index contributed by atoms with van der Waals surface area (Å²) in [6.07, 6.45) is 2.86. The number of carboxylic acid groups (broad SMARTS) is 1. The van der Waals surface area contributed by atoms with E-state index >= 15 is 0 Å². The molecule has 0 saturated carbocycles. The molecule has 2 heterocycles. The zero-order valence-electron chi connectivity index (χ0n) is 11.8. The molecule has 0 aliphatic carbocycles. The van der Waals surface area contributed by atoms with Crippen molar-refractivity contribution in [2.45, 2.75) is 26.4 Å². The normalized spacial score (nSPS) is 10.6. The maximum Gasteiger partial charge on any atom is 0.335 e. The molecule has 1 amide bonds. The molecule has 110 valence electrons. The summed E-state index contributed by atoms with van der Waals surface area (Å²) in [6.45, 7) is 4.06. The number of pyridine rings is 1. The Morgan fingerprint density at radius 2 is 2.14 bits per heavy atom. The molecule has 0 saturated heterocycles. The number of furan rings is 1. The summed E-state index contributed by atoms with van der Waals surface area (Å²) < 4.78 is 5.25. The minimum atomic E-state index is -1.09. The molecule has 0 fully saturated rings. The fourth-order valence-electron chi connectivity index (χ4n) is 1.89. The first-order valence-electron chi connectivity index (χ1n) is 6.51. The van der Waals surface area contributed by atoms with Gasteiger partial charge < -0.3 is 14.4 Å². The minimum absolute atomic E-state index is 0.0371. The van der Waals surface area contributed by atoms with E-state index in [1.165, 1.54) is 18.3 Å². The molecular weight excluding hydrogens is 272 g/mol. The van der Waals surface area contributed by atoms with Gasteiger partial charge in [0.2, 0.25) is 0 Å². The first-order valence-corrected chi connectivity index (χ1v) is 6.51. The molecule has 2 aromatic heterocycles. The number of rotatable bonds is 5. The quantitative estimate of drug-likeness (QED) is 0.913. The van der Waals surface area contributed by atoms with Crippen LogP contribution in [0.3, 0.4) is 0 Å². The second-order valence-electron chi connectivity index (χ2n) is 4.84. The van der Waals surface area contributed by atoms with Crippen molar-refractivity contribution in [3.63, 3.8) is 0 Å². The van der Waals surface area contributed by atoms with E-state index in [1.807, 2.05) is 13.8 Å². The lowest BCUT2D eigenvalue weighted by molar-refractivity contribution is 0.0670. The lowest BCUT2D eigenvalue weighted by atomic mass is 10.2. The largest absolute Gasteiger partial charge is 0.478 e. The first kappa shape index (κ1) is 14.8. The number of nitrogens with zero attached hydrogens (tertiary/aromatic N) is 2. The number of hydrogen-bond acceptors (Lipinski definition) is 4. The predicted molar refractivity (Wildman–Crippen MR) is 74.9 cm³/mol. The zero-order chi connectivity index (χ0) is 15.4. The SMILES string of the molecule is CC(C)N(Cc1ccco1)C(=O)c1cc(C(=O)O)ccn1. The van der Waals surface area contributed by atoms with E-state index in [2.05, 4.69) is 4.98 Å². The second kappa shape index (κ2) is 6.21. The summed E-state index contributed by atoms with van der Waals surface area (Å²) >= 11 is 0. The molecule has 6 heteroatoms. The Labute approximate surface area is 122 Å². The minimum Gasteiger partial charge on any atom is -0.478 e. The Hall–Kier alpha value is -2.63. The molecular formula is C15H16N2O4. The molecule has 2 rings (SSSR count). The average Bonchev–Trinajstić information content (AvgIpc) is 2.97. The fraction of sp³-hybridized carbons (Fsp3) is 0.267. The number of carbonyl (C=O) groups is 2. The van der Waals surface area contributed by atoms with Crippen molar-refractivity contribution in [1.82, 2.24) is 9.88 Å². The Kier molecular flexibility index (Phi) is 4.37. The van der Waals surface area contributed by atoms with Crippen LogP contribution in [0.5, 0.6) is 0 Å². The van der Waals surface area contributed by atoms with Crippen molar-refractivity contribution in [2.75, 3.05) is 0 Å². The molecule has 0 bridgehead atoms. The Morgan fingerprint density at radius 1 is 1.38 bits per heavy atom. The fourth-order valence-corrected chi connectivity index (χ4v) is 1.89. The monoisotopic (exact) mass is 288 g/mol. The molecule has 0 aliphatic heterocycles. The summed E-state index contributed by atoms with van der Waals surface area (Å²) in [6, 6.07) is 6.09. The highest BCUT2D eigenvalue weighted by molar-refractivity contribution is 5.95. The third kappa shape index (κ3) is 3.47. The number of carbonyl (C=O) groups excluding carboxylic acids is 1. The van der Waals surface area contributed by atoms with Gasteiger partial charge >= 0.3 is 5.97 Å². The van der Waals surface area contributed by atoms with Gasteiger partial charge in [0, 0.05) is 12.2 Å². The lowest BCUT2D eigenvalue weighted by Gasteiger charge is -2.25. The van der Waals surface area contributed by atoms with Gasteiger partial charge in [-0.15, -0.1) is 0 Å². The molecule has 21 heavy (non-hydrogen) atoms. The predicted octanol–water partition coefficient (Wildman–Crippen LogP) is 2.42. The number of aromatic carboxylic acids is 1. The first-order chi connectivity index (χ1) is 9.99. The van der Waals surface area contributed by atoms with Gasteiger partial charge in [0.25, 0.3) is 5.91 Å². The summed E-state index contributed by atoms with van der Waals surface area (Å²) in [7, 11) is 0. The van der Waals surface area contributed by atoms with E-state index in [0.717, 1.165) is 0 Å². The molecule has 0 radical (unpaired) electrons. The Morgan fingerprint density at radius 3 is 2.71 bits per heavy atom.